The molecule has 3 atom stereocenters. The van der Waals surface area contributed by atoms with E-state index in [2.05, 4.69) is 15.0 Å². The fourth-order valence-electron chi connectivity index (χ4n) is 5.44. The Kier molecular flexibility index (Phi) is 17.3. The molecule has 1 saturated heterocycles. The van der Waals surface area contributed by atoms with Crippen molar-refractivity contribution in [1.29, 1.82) is 0 Å². The van der Waals surface area contributed by atoms with Crippen LogP contribution in [0.5, 0.6) is 0 Å². The Morgan fingerprint density at radius 1 is 0.900 bits per heavy atom. The van der Waals surface area contributed by atoms with Crippen molar-refractivity contribution in [2.75, 3.05) is 39.5 Å². The molecule has 1 fully saturated rings. The van der Waals surface area contributed by atoms with Gasteiger partial charge in [-0.25, -0.2) is 9.59 Å². The predicted octanol–water partition coefficient (Wildman–Crippen LogP) is 2.70. The summed E-state index contributed by atoms with van der Waals surface area (Å²) in [6.45, 7) is 4.07. The average Bonchev–Trinajstić information content (AvgIpc) is 3.51. The largest absolute Gasteiger partial charge is 0.464 e. The van der Waals surface area contributed by atoms with Crippen LogP contribution in [0, 0.1) is 20.2 Å². The van der Waals surface area contributed by atoms with E-state index in [4.69, 9.17) is 19.9 Å². The first-order chi connectivity index (χ1) is 23.7. The van der Waals surface area contributed by atoms with Crippen LogP contribution in [0.15, 0.2) is 30.3 Å². The highest BCUT2D eigenvalue weighted by molar-refractivity contribution is 6.13. The molecule has 2 rings (SSSR count). The minimum atomic E-state index is -2.14. The summed E-state index contributed by atoms with van der Waals surface area (Å²) >= 11 is 0. The molecule has 0 bridgehead atoms. The van der Waals surface area contributed by atoms with Crippen LogP contribution in [0.4, 0.5) is 4.79 Å². The van der Waals surface area contributed by atoms with Crippen LogP contribution in [-0.4, -0.2) is 102 Å². The first kappa shape index (κ1) is 41.6. The minimum absolute atomic E-state index is 0.00139. The number of amides is 1. The number of likely N-dealkylation sites (tertiary alicyclic amines) is 1. The number of esters is 2. The summed E-state index contributed by atoms with van der Waals surface area (Å²) in [7, 11) is 0. The Labute approximate surface area is 290 Å². The molecule has 280 valence electrons. The first-order valence-electron chi connectivity index (χ1n) is 16.6. The van der Waals surface area contributed by atoms with E-state index in [1.165, 1.54) is 0 Å². The predicted molar refractivity (Wildman–Crippen MR) is 175 cm³/mol. The van der Waals surface area contributed by atoms with Crippen LogP contribution in [0.3, 0.4) is 0 Å². The molecule has 0 radical (unpaired) electrons. The van der Waals surface area contributed by atoms with E-state index >= 15 is 0 Å². The van der Waals surface area contributed by atoms with Crippen molar-refractivity contribution in [2.24, 2.45) is 5.73 Å². The molecule has 18 heteroatoms. The summed E-state index contributed by atoms with van der Waals surface area (Å²) in [6.07, 6.45) is 0.907. The molecule has 0 unspecified atom stereocenters. The lowest BCUT2D eigenvalue weighted by Gasteiger charge is -2.38. The van der Waals surface area contributed by atoms with Crippen molar-refractivity contribution in [3.8, 4) is 0 Å². The lowest BCUT2D eigenvalue weighted by atomic mass is 9.84. The van der Waals surface area contributed by atoms with E-state index < -0.39 is 57.2 Å². The number of rotatable bonds is 23. The molecule has 1 heterocycles. The van der Waals surface area contributed by atoms with Crippen molar-refractivity contribution in [3.05, 3.63) is 56.1 Å². The van der Waals surface area contributed by atoms with Crippen molar-refractivity contribution < 1.29 is 53.2 Å². The number of nitrogens with one attached hydrogen (secondary N) is 1. The van der Waals surface area contributed by atoms with Gasteiger partial charge in [0.05, 0.1) is 32.5 Å². The van der Waals surface area contributed by atoms with E-state index in [-0.39, 0.29) is 71.5 Å². The highest BCUT2D eigenvalue weighted by atomic mass is 17.0. The number of carbonyl (C=O) groups is 4. The number of Topliss-reactive ketones (excluding diaryl/α,β-unsaturated/α-hetero) is 1. The quantitative estimate of drug-likeness (QED) is 0.0414. The van der Waals surface area contributed by atoms with Crippen LogP contribution in [0.2, 0.25) is 0 Å². The summed E-state index contributed by atoms with van der Waals surface area (Å²) in [5.41, 5.74) is 3.54. The maximum absolute atomic E-state index is 14.8. The van der Waals surface area contributed by atoms with Gasteiger partial charge in [0.1, 0.15) is 11.6 Å². The maximum Gasteiger partial charge on any atom is 0.411 e. The van der Waals surface area contributed by atoms with Crippen molar-refractivity contribution in [3.63, 3.8) is 0 Å². The van der Waals surface area contributed by atoms with Gasteiger partial charge < -0.3 is 29.6 Å². The number of hydrogen-bond donors (Lipinski definition) is 2. The van der Waals surface area contributed by atoms with Gasteiger partial charge in [0, 0.05) is 19.4 Å². The third-order valence-corrected chi connectivity index (χ3v) is 7.70. The Hall–Kier alpha value is -4.58. The van der Waals surface area contributed by atoms with E-state index in [0.717, 1.165) is 10.5 Å². The summed E-state index contributed by atoms with van der Waals surface area (Å²) in [5.74, 6) is -2.48. The van der Waals surface area contributed by atoms with Gasteiger partial charge in [-0.3, -0.25) is 19.8 Å². The van der Waals surface area contributed by atoms with E-state index in [9.17, 15) is 39.4 Å². The van der Waals surface area contributed by atoms with Gasteiger partial charge in [-0.2, -0.15) is 0 Å². The Bertz CT molecular complexity index is 1280. The second-order valence-corrected chi connectivity index (χ2v) is 12.7. The number of aryl methyl sites for hydroxylation is 1. The van der Waals surface area contributed by atoms with Gasteiger partial charge in [-0.15, -0.1) is 20.2 Å². The molecular weight excluding hydrogens is 662 g/mol. The van der Waals surface area contributed by atoms with Gasteiger partial charge in [-0.1, -0.05) is 36.8 Å². The number of hydrogen-bond acceptors (Lipinski definition) is 15. The number of ketones is 1. The molecule has 1 aromatic carbocycles. The van der Waals surface area contributed by atoms with Crippen molar-refractivity contribution >= 4 is 23.8 Å². The number of carbonyl (C=O) groups excluding carboxylic acids is 4. The van der Waals surface area contributed by atoms with Crippen molar-refractivity contribution in [1.82, 2.24) is 10.2 Å². The Morgan fingerprint density at radius 2 is 1.52 bits per heavy atom. The fourth-order valence-corrected chi connectivity index (χ4v) is 5.44. The molecule has 1 aromatic rings. The van der Waals surface area contributed by atoms with E-state index in [1.54, 1.807) is 20.8 Å². The summed E-state index contributed by atoms with van der Waals surface area (Å²) in [4.78, 5) is 86.3. The molecule has 0 spiro atoms. The summed E-state index contributed by atoms with van der Waals surface area (Å²) < 4.78 is 16.5. The topological polar surface area (TPSA) is 242 Å². The van der Waals surface area contributed by atoms with Gasteiger partial charge in [0.15, 0.2) is 5.78 Å². The van der Waals surface area contributed by atoms with Crippen LogP contribution in [0.1, 0.15) is 77.7 Å². The van der Waals surface area contributed by atoms with Crippen LogP contribution in [0.25, 0.3) is 0 Å². The van der Waals surface area contributed by atoms with Gasteiger partial charge in [0.25, 0.3) is 10.2 Å². The fraction of sp³-hybridized carbons (Fsp3) is 0.688. The van der Waals surface area contributed by atoms with Gasteiger partial charge in [0.2, 0.25) is 5.54 Å². The van der Waals surface area contributed by atoms with Crippen LogP contribution >= 0.6 is 0 Å². The SMILES string of the molecule is CC(C)(C)OC(=O)N1CCC[C@]1(C(=O)OCCCO[N+](=O)[O-])C(=O)[C@H](CCCCN)N[C@@H](CCc1ccccc1)C(=O)OCCCO[N+](=O)[O-]. The number of benzene rings is 1. The smallest absolute Gasteiger partial charge is 0.411 e. The molecule has 1 aliphatic rings. The minimum Gasteiger partial charge on any atom is -0.464 e. The van der Waals surface area contributed by atoms with Crippen LogP contribution < -0.4 is 11.1 Å². The van der Waals surface area contributed by atoms with E-state index in [1.807, 2.05) is 30.3 Å². The molecule has 1 aliphatic heterocycles. The molecule has 3 N–H and O–H groups in total. The third-order valence-electron chi connectivity index (χ3n) is 7.70. The molecular formula is C32H49N5O13. The second kappa shape index (κ2) is 20.8. The average molecular weight is 712 g/mol. The number of nitrogens with zero attached hydrogens (tertiary/aromatic N) is 3. The molecule has 18 nitrogen and oxygen atoms in total. The number of ether oxygens (including phenoxy) is 3. The number of unbranched alkanes of at least 4 members (excludes halogenated alkanes) is 1. The highest BCUT2D eigenvalue weighted by Gasteiger charge is 2.59. The van der Waals surface area contributed by atoms with Crippen molar-refractivity contribution in [2.45, 2.75) is 102 Å². The summed E-state index contributed by atoms with van der Waals surface area (Å²) in [5, 5.41) is 22.2. The highest BCUT2D eigenvalue weighted by Crippen LogP contribution is 2.35. The zero-order valence-corrected chi connectivity index (χ0v) is 28.9. The second-order valence-electron chi connectivity index (χ2n) is 12.7. The Balaban J connectivity index is 2.45. The zero-order chi connectivity index (χ0) is 37.2. The molecule has 0 aromatic heterocycles. The zero-order valence-electron chi connectivity index (χ0n) is 28.9. The third kappa shape index (κ3) is 13.7. The summed E-state index contributed by atoms with van der Waals surface area (Å²) in [6, 6.07) is 7.05. The van der Waals surface area contributed by atoms with Gasteiger partial charge >= 0.3 is 18.0 Å². The molecule has 1 amide bonds. The monoisotopic (exact) mass is 711 g/mol. The normalized spacial score (nSPS) is 16.9. The molecule has 0 aliphatic carbocycles. The maximum atomic E-state index is 14.8. The first-order valence-corrected chi connectivity index (χ1v) is 16.6. The lowest BCUT2D eigenvalue weighted by Crippen LogP contribution is -2.65. The Morgan fingerprint density at radius 3 is 2.10 bits per heavy atom. The lowest BCUT2D eigenvalue weighted by molar-refractivity contribution is -0.757. The molecule has 50 heavy (non-hydrogen) atoms. The number of nitrogens with two attached hydrogens (primary N) is 1. The molecule has 0 saturated carbocycles. The van der Waals surface area contributed by atoms with E-state index in [0.29, 0.717) is 25.8 Å². The van der Waals surface area contributed by atoms with Crippen LogP contribution in [-0.2, 0) is 44.7 Å². The van der Waals surface area contributed by atoms with Gasteiger partial charge in [-0.05, 0) is 71.4 Å². The standard InChI is InChI=1S/C32H49N5O13/c1-31(2,3)50-30(41)35-19-9-17-32(35,29(40)47-21-11-23-49-37(44)45)27(38)25(14-7-8-18-33)34-26(16-15-24-12-5-4-6-13-24)28(39)46-20-10-22-48-36(42)43/h4-6,12-13,25-26,34H,7-11,14-23,33H2,1-3H3/t25-,26-,32+/m0/s1.